The van der Waals surface area contributed by atoms with E-state index in [9.17, 15) is 4.79 Å². The first-order valence-electron chi connectivity index (χ1n) is 7.87. The van der Waals surface area contributed by atoms with Gasteiger partial charge in [-0.1, -0.05) is 13.3 Å². The van der Waals surface area contributed by atoms with Crippen LogP contribution >= 0.6 is 0 Å². The minimum absolute atomic E-state index is 0.0958. The zero-order valence-corrected chi connectivity index (χ0v) is 13.2. The number of rotatable bonds is 8. The molecule has 5 nitrogen and oxygen atoms in total. The lowest BCUT2D eigenvalue weighted by atomic mass is 9.97. The number of carbonyl (C=O) groups excluding carboxylic acids is 1. The van der Waals surface area contributed by atoms with Crippen LogP contribution in [0.15, 0.2) is 0 Å². The molecule has 1 aliphatic heterocycles. The van der Waals surface area contributed by atoms with Crippen LogP contribution in [0.1, 0.15) is 40.0 Å². The summed E-state index contributed by atoms with van der Waals surface area (Å²) >= 11 is 0. The Morgan fingerprint density at radius 3 is 2.55 bits per heavy atom. The molecule has 1 amide bonds. The molecule has 1 rings (SSSR count). The molecule has 1 saturated heterocycles. The summed E-state index contributed by atoms with van der Waals surface area (Å²) in [6, 6.07) is 0. The highest BCUT2D eigenvalue weighted by molar-refractivity contribution is 5.85. The zero-order chi connectivity index (χ0) is 15.0. The van der Waals surface area contributed by atoms with E-state index >= 15 is 0 Å². The molecule has 118 valence electrons. The highest BCUT2D eigenvalue weighted by Gasteiger charge is 2.35. The third-order valence-electron chi connectivity index (χ3n) is 4.25. The first-order valence-corrected chi connectivity index (χ1v) is 7.87. The van der Waals surface area contributed by atoms with Gasteiger partial charge in [-0.05, 0) is 32.6 Å². The van der Waals surface area contributed by atoms with Crippen LogP contribution in [-0.2, 0) is 4.79 Å². The fraction of sp³-hybridized carbons (Fsp3) is 0.933. The molecule has 0 aliphatic carbocycles. The van der Waals surface area contributed by atoms with Gasteiger partial charge in [0.1, 0.15) is 0 Å². The highest BCUT2D eigenvalue weighted by atomic mass is 16.3. The van der Waals surface area contributed by atoms with Crippen molar-refractivity contribution >= 4 is 5.91 Å². The van der Waals surface area contributed by atoms with Gasteiger partial charge in [0.05, 0.1) is 5.54 Å². The molecule has 0 radical (unpaired) electrons. The van der Waals surface area contributed by atoms with E-state index in [2.05, 4.69) is 22.5 Å². The molecule has 0 aromatic carbocycles. The number of nitrogens with one attached hydrogen (secondary N) is 2. The third-order valence-corrected chi connectivity index (χ3v) is 4.25. The molecule has 3 N–H and O–H groups in total. The Balaban J connectivity index is 2.46. The van der Waals surface area contributed by atoms with Crippen molar-refractivity contribution in [2.45, 2.75) is 45.6 Å². The van der Waals surface area contributed by atoms with Crippen molar-refractivity contribution in [1.82, 2.24) is 15.5 Å². The Morgan fingerprint density at radius 1 is 1.35 bits per heavy atom. The summed E-state index contributed by atoms with van der Waals surface area (Å²) < 4.78 is 0. The van der Waals surface area contributed by atoms with Gasteiger partial charge in [-0.15, -0.1) is 0 Å². The van der Waals surface area contributed by atoms with Crippen molar-refractivity contribution in [1.29, 1.82) is 0 Å². The lowest BCUT2D eigenvalue weighted by molar-refractivity contribution is -0.132. The van der Waals surface area contributed by atoms with Crippen LogP contribution in [0.25, 0.3) is 0 Å². The second-order valence-electron chi connectivity index (χ2n) is 6.17. The van der Waals surface area contributed by atoms with Crippen LogP contribution in [0, 0.1) is 5.92 Å². The summed E-state index contributed by atoms with van der Waals surface area (Å²) in [6.07, 6.45) is 2.90. The van der Waals surface area contributed by atoms with Gasteiger partial charge in [0, 0.05) is 39.3 Å². The van der Waals surface area contributed by atoms with Gasteiger partial charge >= 0.3 is 0 Å². The summed E-state index contributed by atoms with van der Waals surface area (Å²) in [7, 11) is 0. The van der Waals surface area contributed by atoms with E-state index in [1.807, 2.05) is 13.8 Å². The van der Waals surface area contributed by atoms with E-state index in [0.717, 1.165) is 45.4 Å². The van der Waals surface area contributed by atoms with Gasteiger partial charge in [0.25, 0.3) is 0 Å². The number of aliphatic hydroxyl groups excluding tert-OH is 1. The molecule has 0 aromatic heterocycles. The van der Waals surface area contributed by atoms with Crippen LogP contribution in [0.4, 0.5) is 0 Å². The van der Waals surface area contributed by atoms with Gasteiger partial charge in [-0.25, -0.2) is 0 Å². The Morgan fingerprint density at radius 2 is 2.00 bits per heavy atom. The standard InChI is InChI=1S/C15H31N3O2/c1-4-5-13(6-11-19)12-17-14(20)15(2,3)18-9-7-16-8-10-18/h13,16,19H,4-12H2,1-3H3,(H,17,20). The van der Waals surface area contributed by atoms with Crippen molar-refractivity contribution < 1.29 is 9.90 Å². The minimum Gasteiger partial charge on any atom is -0.396 e. The first kappa shape index (κ1) is 17.4. The molecule has 0 bridgehead atoms. The number of aliphatic hydroxyl groups is 1. The lowest BCUT2D eigenvalue weighted by Gasteiger charge is -2.40. The summed E-state index contributed by atoms with van der Waals surface area (Å²) in [4.78, 5) is 14.7. The highest BCUT2D eigenvalue weighted by Crippen LogP contribution is 2.16. The topological polar surface area (TPSA) is 64.6 Å². The fourth-order valence-corrected chi connectivity index (χ4v) is 2.76. The molecule has 0 spiro atoms. The van der Waals surface area contributed by atoms with Crippen molar-refractivity contribution in [3.05, 3.63) is 0 Å². The molecule has 20 heavy (non-hydrogen) atoms. The smallest absolute Gasteiger partial charge is 0.239 e. The Bertz CT molecular complexity index is 283. The maximum absolute atomic E-state index is 12.4. The van der Waals surface area contributed by atoms with Crippen LogP contribution in [0.5, 0.6) is 0 Å². The average Bonchev–Trinajstić information content (AvgIpc) is 2.45. The molecule has 5 heteroatoms. The third kappa shape index (κ3) is 5.04. The van der Waals surface area contributed by atoms with Gasteiger partial charge in [-0.2, -0.15) is 0 Å². The Kier molecular flexibility index (Phi) is 7.48. The maximum Gasteiger partial charge on any atom is 0.239 e. The minimum atomic E-state index is -0.460. The summed E-state index contributed by atoms with van der Waals surface area (Å²) in [5, 5.41) is 15.5. The zero-order valence-electron chi connectivity index (χ0n) is 13.2. The maximum atomic E-state index is 12.4. The fourth-order valence-electron chi connectivity index (χ4n) is 2.76. The number of amides is 1. The molecule has 1 unspecified atom stereocenters. The number of piperazine rings is 1. The van der Waals surface area contributed by atoms with Gasteiger partial charge in [-0.3, -0.25) is 9.69 Å². The van der Waals surface area contributed by atoms with Crippen LogP contribution in [-0.4, -0.2) is 60.8 Å². The number of nitrogens with zero attached hydrogens (tertiary/aromatic N) is 1. The molecular weight excluding hydrogens is 254 g/mol. The van der Waals surface area contributed by atoms with Gasteiger partial charge < -0.3 is 15.7 Å². The van der Waals surface area contributed by atoms with Crippen molar-refractivity contribution in [3.63, 3.8) is 0 Å². The molecule has 1 atom stereocenters. The second kappa shape index (κ2) is 8.60. The SMILES string of the molecule is CCCC(CCO)CNC(=O)C(C)(C)N1CCNCC1. The normalized spacial score (nSPS) is 18.8. The summed E-state index contributed by atoms with van der Waals surface area (Å²) in [5.41, 5.74) is -0.460. The summed E-state index contributed by atoms with van der Waals surface area (Å²) in [6.45, 7) is 10.7. The van der Waals surface area contributed by atoms with Crippen molar-refractivity contribution in [2.24, 2.45) is 5.92 Å². The van der Waals surface area contributed by atoms with E-state index in [-0.39, 0.29) is 12.5 Å². The monoisotopic (exact) mass is 285 g/mol. The van der Waals surface area contributed by atoms with Crippen molar-refractivity contribution in [3.8, 4) is 0 Å². The number of carbonyl (C=O) groups is 1. The van der Waals surface area contributed by atoms with Crippen LogP contribution < -0.4 is 10.6 Å². The molecule has 1 heterocycles. The Labute approximate surface area is 123 Å². The number of hydrogen-bond acceptors (Lipinski definition) is 4. The Hall–Kier alpha value is -0.650. The summed E-state index contributed by atoms with van der Waals surface area (Å²) in [5.74, 6) is 0.478. The van der Waals surface area contributed by atoms with E-state index in [1.165, 1.54) is 0 Å². The predicted octanol–water partition coefficient (Wildman–Crippen LogP) is 0.585. The van der Waals surface area contributed by atoms with E-state index < -0.39 is 5.54 Å². The average molecular weight is 285 g/mol. The quantitative estimate of drug-likeness (QED) is 0.610. The number of hydrogen-bond donors (Lipinski definition) is 3. The van der Waals surface area contributed by atoms with Gasteiger partial charge in [0.15, 0.2) is 0 Å². The first-order chi connectivity index (χ1) is 9.52. The molecule has 0 aromatic rings. The van der Waals surface area contributed by atoms with Gasteiger partial charge in [0.2, 0.25) is 5.91 Å². The largest absolute Gasteiger partial charge is 0.396 e. The van der Waals surface area contributed by atoms with Crippen LogP contribution in [0.2, 0.25) is 0 Å². The van der Waals surface area contributed by atoms with E-state index in [4.69, 9.17) is 5.11 Å². The molecule has 1 fully saturated rings. The molecule has 1 aliphatic rings. The predicted molar refractivity (Wildman–Crippen MR) is 81.6 cm³/mol. The van der Waals surface area contributed by atoms with Crippen molar-refractivity contribution in [2.75, 3.05) is 39.3 Å². The molecule has 0 saturated carbocycles. The van der Waals surface area contributed by atoms with E-state index in [1.54, 1.807) is 0 Å². The lowest BCUT2D eigenvalue weighted by Crippen LogP contribution is -2.60. The van der Waals surface area contributed by atoms with Crippen LogP contribution in [0.3, 0.4) is 0 Å². The molecular formula is C15H31N3O2. The van der Waals surface area contributed by atoms with E-state index in [0.29, 0.717) is 12.5 Å². The second-order valence-corrected chi connectivity index (χ2v) is 6.17.